The molecule has 4 nitrogen and oxygen atoms in total. The molecule has 0 heterocycles. The fraction of sp³-hybridized carbons (Fsp3) is 0.227. The van der Waals surface area contributed by atoms with Crippen LogP contribution in [0.3, 0.4) is 0 Å². The fourth-order valence-electron chi connectivity index (χ4n) is 2.74. The van der Waals surface area contributed by atoms with Crippen LogP contribution < -0.4 is 14.8 Å². The molecule has 3 aromatic rings. The van der Waals surface area contributed by atoms with Gasteiger partial charge in [0.15, 0.2) is 6.10 Å². The molecular formula is C22H23NO3. The summed E-state index contributed by atoms with van der Waals surface area (Å²) in [6.07, 6.45) is -0.578. The summed E-state index contributed by atoms with van der Waals surface area (Å²) in [4.78, 5) is 12.3. The molecule has 1 unspecified atom stereocenters. The Labute approximate surface area is 153 Å². The summed E-state index contributed by atoms with van der Waals surface area (Å²) in [5.41, 5.74) is 0.988. The van der Waals surface area contributed by atoms with Gasteiger partial charge in [0.25, 0.3) is 5.91 Å². The van der Waals surface area contributed by atoms with Gasteiger partial charge >= 0.3 is 0 Å². The Morgan fingerprint density at radius 3 is 2.58 bits per heavy atom. The lowest BCUT2D eigenvalue weighted by molar-refractivity contribution is -0.127. The zero-order chi connectivity index (χ0) is 18.4. The van der Waals surface area contributed by atoms with Crippen molar-refractivity contribution in [2.75, 3.05) is 6.61 Å². The lowest BCUT2D eigenvalue weighted by atomic mass is 10.1. The molecule has 0 aliphatic heterocycles. The number of carbonyl (C=O) groups excluding carboxylic acids is 1. The molecule has 0 aliphatic carbocycles. The van der Waals surface area contributed by atoms with Crippen molar-refractivity contribution >= 4 is 16.7 Å². The number of ether oxygens (including phenoxy) is 2. The van der Waals surface area contributed by atoms with E-state index < -0.39 is 6.10 Å². The zero-order valence-electron chi connectivity index (χ0n) is 15.1. The first-order chi connectivity index (χ1) is 12.7. The second-order valence-electron chi connectivity index (χ2n) is 6.07. The smallest absolute Gasteiger partial charge is 0.261 e. The number of fused-ring (bicyclic) bond motifs is 1. The number of carbonyl (C=O) groups is 1. The number of amides is 1. The van der Waals surface area contributed by atoms with Gasteiger partial charge in [-0.2, -0.15) is 0 Å². The van der Waals surface area contributed by atoms with Crippen LogP contribution in [0.5, 0.6) is 11.5 Å². The maximum atomic E-state index is 12.3. The summed E-state index contributed by atoms with van der Waals surface area (Å²) in [5.74, 6) is 1.34. The molecule has 0 bridgehead atoms. The van der Waals surface area contributed by atoms with E-state index in [1.165, 1.54) is 0 Å². The van der Waals surface area contributed by atoms with Gasteiger partial charge in [-0.3, -0.25) is 4.79 Å². The summed E-state index contributed by atoms with van der Waals surface area (Å²) in [6, 6.07) is 21.6. The number of hydrogen-bond acceptors (Lipinski definition) is 3. The van der Waals surface area contributed by atoms with Gasteiger partial charge in [-0.1, -0.05) is 42.5 Å². The first-order valence-electron chi connectivity index (χ1n) is 8.80. The predicted molar refractivity (Wildman–Crippen MR) is 103 cm³/mol. The van der Waals surface area contributed by atoms with Crippen LogP contribution in [-0.2, 0) is 11.3 Å². The SMILES string of the molecule is CCOc1cccc(CNC(=O)C(C)Oc2ccc3ccccc3c2)c1. The predicted octanol–water partition coefficient (Wildman–Crippen LogP) is 4.32. The third-order valence-electron chi connectivity index (χ3n) is 4.08. The molecule has 3 rings (SSSR count). The van der Waals surface area contributed by atoms with E-state index in [0.717, 1.165) is 22.1 Å². The van der Waals surface area contributed by atoms with Crippen LogP contribution in [0.2, 0.25) is 0 Å². The van der Waals surface area contributed by atoms with Crippen LogP contribution in [0.4, 0.5) is 0 Å². The summed E-state index contributed by atoms with van der Waals surface area (Å²) in [6.45, 7) is 4.75. The van der Waals surface area contributed by atoms with Gasteiger partial charge in [-0.15, -0.1) is 0 Å². The second kappa shape index (κ2) is 8.39. The highest BCUT2D eigenvalue weighted by Crippen LogP contribution is 2.21. The minimum atomic E-state index is -0.578. The van der Waals surface area contributed by atoms with E-state index in [2.05, 4.69) is 5.32 Å². The molecule has 1 atom stereocenters. The van der Waals surface area contributed by atoms with Crippen molar-refractivity contribution in [2.24, 2.45) is 0 Å². The Balaban J connectivity index is 1.57. The van der Waals surface area contributed by atoms with Gasteiger partial charge in [-0.05, 0) is 54.4 Å². The lowest BCUT2D eigenvalue weighted by Gasteiger charge is -2.15. The van der Waals surface area contributed by atoms with Crippen molar-refractivity contribution < 1.29 is 14.3 Å². The van der Waals surface area contributed by atoms with Crippen LogP contribution in [0.1, 0.15) is 19.4 Å². The lowest BCUT2D eigenvalue weighted by Crippen LogP contribution is -2.35. The first kappa shape index (κ1) is 17.8. The van der Waals surface area contributed by atoms with Gasteiger partial charge < -0.3 is 14.8 Å². The maximum absolute atomic E-state index is 12.3. The highest BCUT2D eigenvalue weighted by atomic mass is 16.5. The normalized spacial score (nSPS) is 11.8. The van der Waals surface area contributed by atoms with Crippen molar-refractivity contribution in [3.05, 3.63) is 72.3 Å². The number of rotatable bonds is 7. The van der Waals surface area contributed by atoms with E-state index in [9.17, 15) is 4.79 Å². The highest BCUT2D eigenvalue weighted by molar-refractivity contribution is 5.84. The molecule has 0 aliphatic rings. The summed E-state index contributed by atoms with van der Waals surface area (Å²) in [7, 11) is 0. The largest absolute Gasteiger partial charge is 0.494 e. The molecular weight excluding hydrogens is 326 g/mol. The summed E-state index contributed by atoms with van der Waals surface area (Å²) in [5, 5.41) is 5.14. The molecule has 0 radical (unpaired) electrons. The molecule has 26 heavy (non-hydrogen) atoms. The first-order valence-corrected chi connectivity index (χ1v) is 8.80. The maximum Gasteiger partial charge on any atom is 0.261 e. The molecule has 3 aromatic carbocycles. The van der Waals surface area contributed by atoms with Crippen molar-refractivity contribution in [1.29, 1.82) is 0 Å². The van der Waals surface area contributed by atoms with E-state index >= 15 is 0 Å². The molecule has 0 spiro atoms. The molecule has 1 amide bonds. The van der Waals surface area contributed by atoms with Gasteiger partial charge in [0, 0.05) is 6.54 Å². The van der Waals surface area contributed by atoms with Gasteiger partial charge in [0.1, 0.15) is 11.5 Å². The third kappa shape index (κ3) is 4.54. The van der Waals surface area contributed by atoms with Crippen molar-refractivity contribution in [1.82, 2.24) is 5.32 Å². The Bertz CT molecular complexity index is 891. The fourth-order valence-corrected chi connectivity index (χ4v) is 2.74. The van der Waals surface area contributed by atoms with Crippen LogP contribution in [0, 0.1) is 0 Å². The van der Waals surface area contributed by atoms with Crippen LogP contribution in [0.25, 0.3) is 10.8 Å². The molecule has 0 aromatic heterocycles. The summed E-state index contributed by atoms with van der Waals surface area (Å²) >= 11 is 0. The quantitative estimate of drug-likeness (QED) is 0.691. The van der Waals surface area contributed by atoms with E-state index in [-0.39, 0.29) is 5.91 Å². The van der Waals surface area contributed by atoms with Crippen LogP contribution in [-0.4, -0.2) is 18.6 Å². The molecule has 0 saturated carbocycles. The Kier molecular flexibility index (Phi) is 5.74. The van der Waals surface area contributed by atoms with E-state index in [0.29, 0.717) is 18.9 Å². The van der Waals surface area contributed by atoms with Crippen molar-refractivity contribution in [3.8, 4) is 11.5 Å². The average Bonchev–Trinajstić information content (AvgIpc) is 2.66. The third-order valence-corrected chi connectivity index (χ3v) is 4.08. The van der Waals surface area contributed by atoms with E-state index in [1.807, 2.05) is 73.7 Å². The Hall–Kier alpha value is -3.01. The van der Waals surface area contributed by atoms with Crippen LogP contribution in [0.15, 0.2) is 66.7 Å². The van der Waals surface area contributed by atoms with Crippen LogP contribution >= 0.6 is 0 Å². The van der Waals surface area contributed by atoms with Gasteiger partial charge in [0.05, 0.1) is 6.61 Å². The minimum absolute atomic E-state index is 0.153. The molecule has 0 saturated heterocycles. The number of nitrogens with one attached hydrogen (secondary N) is 1. The topological polar surface area (TPSA) is 47.6 Å². The van der Waals surface area contributed by atoms with Gasteiger partial charge in [0.2, 0.25) is 0 Å². The van der Waals surface area contributed by atoms with Crippen molar-refractivity contribution in [2.45, 2.75) is 26.5 Å². The number of benzene rings is 3. The summed E-state index contributed by atoms with van der Waals surface area (Å²) < 4.78 is 11.3. The number of hydrogen-bond donors (Lipinski definition) is 1. The Morgan fingerprint density at radius 2 is 1.77 bits per heavy atom. The zero-order valence-corrected chi connectivity index (χ0v) is 15.1. The molecule has 1 N–H and O–H groups in total. The molecule has 4 heteroatoms. The second-order valence-corrected chi connectivity index (χ2v) is 6.07. The van der Waals surface area contributed by atoms with Crippen molar-refractivity contribution in [3.63, 3.8) is 0 Å². The minimum Gasteiger partial charge on any atom is -0.494 e. The Morgan fingerprint density at radius 1 is 0.962 bits per heavy atom. The van der Waals surface area contributed by atoms with E-state index in [4.69, 9.17) is 9.47 Å². The monoisotopic (exact) mass is 349 g/mol. The van der Waals surface area contributed by atoms with Gasteiger partial charge in [-0.25, -0.2) is 0 Å². The standard InChI is InChI=1S/C22H23NO3/c1-3-25-20-10-6-7-17(13-20)15-23-22(24)16(2)26-21-12-11-18-8-4-5-9-19(18)14-21/h4-14,16H,3,15H2,1-2H3,(H,23,24). The average molecular weight is 349 g/mol. The molecule has 134 valence electrons. The van der Waals surface area contributed by atoms with E-state index in [1.54, 1.807) is 6.92 Å². The molecule has 0 fully saturated rings. The highest BCUT2D eigenvalue weighted by Gasteiger charge is 2.14.